The summed E-state index contributed by atoms with van der Waals surface area (Å²) in [6.07, 6.45) is 0.620. The van der Waals surface area contributed by atoms with Gasteiger partial charge in [-0.15, -0.1) is 0 Å². The van der Waals surface area contributed by atoms with Crippen LogP contribution < -0.4 is 5.32 Å². The quantitative estimate of drug-likeness (QED) is 0.288. The van der Waals surface area contributed by atoms with E-state index in [1.807, 2.05) is 0 Å². The number of hydrogen-bond donors (Lipinski definition) is 1. The first-order chi connectivity index (χ1) is 11.8. The Bertz CT molecular complexity index is 716. The van der Waals surface area contributed by atoms with Crippen molar-refractivity contribution in [2.45, 2.75) is 31.6 Å². The number of nitro groups is 1. The molecule has 0 aliphatic rings. The van der Waals surface area contributed by atoms with Crippen LogP contribution in [0.1, 0.15) is 26.7 Å². The number of carbonyl (C=O) groups excluding carboxylic acids is 1. The number of nitrogens with zero attached hydrogens (tertiary/aromatic N) is 2. The molecular weight excluding hydrogens is 350 g/mol. The van der Waals surface area contributed by atoms with E-state index in [4.69, 9.17) is 0 Å². The molecule has 25 heavy (non-hydrogen) atoms. The molecule has 0 saturated carbocycles. The van der Waals surface area contributed by atoms with Crippen LogP contribution in [0.15, 0.2) is 23.1 Å². The Morgan fingerprint density at radius 1 is 1.32 bits per heavy atom. The number of rotatable bonds is 10. The largest absolute Gasteiger partial charge is 0.469 e. The maximum atomic E-state index is 12.5. The van der Waals surface area contributed by atoms with Gasteiger partial charge in [0.25, 0.3) is 5.69 Å². The van der Waals surface area contributed by atoms with E-state index in [2.05, 4.69) is 10.1 Å². The fraction of sp³-hybridized carbons (Fsp3) is 0.533. The summed E-state index contributed by atoms with van der Waals surface area (Å²) in [5, 5.41) is 14.1. The summed E-state index contributed by atoms with van der Waals surface area (Å²) < 4.78 is 30.7. The lowest BCUT2D eigenvalue weighted by Gasteiger charge is -2.18. The minimum atomic E-state index is -3.77. The molecule has 1 aromatic carbocycles. The molecular formula is C15H23N3O6S. The minimum Gasteiger partial charge on any atom is -0.469 e. The highest BCUT2D eigenvalue weighted by molar-refractivity contribution is 7.89. The van der Waals surface area contributed by atoms with Crippen LogP contribution in [0, 0.1) is 10.1 Å². The van der Waals surface area contributed by atoms with Gasteiger partial charge in [-0.3, -0.25) is 14.9 Å². The molecule has 0 spiro atoms. The zero-order valence-corrected chi connectivity index (χ0v) is 15.3. The molecule has 0 saturated heterocycles. The van der Waals surface area contributed by atoms with Crippen LogP contribution in [-0.2, 0) is 19.6 Å². The highest BCUT2D eigenvalue weighted by Gasteiger charge is 2.25. The van der Waals surface area contributed by atoms with Gasteiger partial charge in [0, 0.05) is 32.1 Å². The third-order valence-corrected chi connectivity index (χ3v) is 5.66. The number of benzene rings is 1. The molecule has 0 heterocycles. The summed E-state index contributed by atoms with van der Waals surface area (Å²) in [7, 11) is -2.49. The second-order valence-corrected chi connectivity index (χ2v) is 7.07. The average Bonchev–Trinajstić information content (AvgIpc) is 2.59. The Labute approximate surface area is 147 Å². The van der Waals surface area contributed by atoms with Crippen molar-refractivity contribution in [2.24, 2.45) is 0 Å². The normalized spacial score (nSPS) is 11.4. The highest BCUT2D eigenvalue weighted by Crippen LogP contribution is 2.29. The van der Waals surface area contributed by atoms with E-state index in [9.17, 15) is 23.3 Å². The van der Waals surface area contributed by atoms with Gasteiger partial charge in [0.2, 0.25) is 10.0 Å². The second kappa shape index (κ2) is 9.33. The van der Waals surface area contributed by atoms with Gasteiger partial charge in [0.1, 0.15) is 5.69 Å². The molecule has 9 nitrogen and oxygen atoms in total. The molecule has 0 bridgehead atoms. The third-order valence-electron chi connectivity index (χ3n) is 3.61. The molecule has 0 aromatic heterocycles. The van der Waals surface area contributed by atoms with Crippen molar-refractivity contribution in [1.29, 1.82) is 0 Å². The summed E-state index contributed by atoms with van der Waals surface area (Å²) in [5.41, 5.74) is -0.125. The van der Waals surface area contributed by atoms with Crippen molar-refractivity contribution >= 4 is 27.4 Å². The average molecular weight is 373 g/mol. The van der Waals surface area contributed by atoms with Crippen LogP contribution in [0.5, 0.6) is 0 Å². The Morgan fingerprint density at radius 2 is 1.96 bits per heavy atom. The minimum absolute atomic E-state index is 0.122. The number of sulfonamides is 1. The number of anilines is 1. The summed E-state index contributed by atoms with van der Waals surface area (Å²) in [6.45, 7) is 4.28. The smallest absolute Gasteiger partial charge is 0.305 e. The van der Waals surface area contributed by atoms with E-state index in [0.29, 0.717) is 13.0 Å². The molecule has 140 valence electrons. The van der Waals surface area contributed by atoms with Crippen molar-refractivity contribution in [3.63, 3.8) is 0 Å². The second-order valence-electron chi connectivity index (χ2n) is 5.13. The van der Waals surface area contributed by atoms with Crippen LogP contribution >= 0.6 is 0 Å². The number of hydrogen-bond acceptors (Lipinski definition) is 7. The molecule has 0 aliphatic heterocycles. The molecule has 0 unspecified atom stereocenters. The van der Waals surface area contributed by atoms with Crippen molar-refractivity contribution in [3.05, 3.63) is 28.3 Å². The lowest BCUT2D eigenvalue weighted by molar-refractivity contribution is -0.384. The van der Waals surface area contributed by atoms with Crippen LogP contribution in [-0.4, -0.2) is 50.4 Å². The predicted molar refractivity (Wildman–Crippen MR) is 92.9 cm³/mol. The van der Waals surface area contributed by atoms with Gasteiger partial charge in [-0.25, -0.2) is 8.42 Å². The molecule has 0 aliphatic carbocycles. The van der Waals surface area contributed by atoms with E-state index in [1.165, 1.54) is 23.5 Å². The van der Waals surface area contributed by atoms with E-state index in [1.54, 1.807) is 13.8 Å². The van der Waals surface area contributed by atoms with Crippen molar-refractivity contribution in [2.75, 3.05) is 32.1 Å². The molecule has 1 rings (SSSR count). The monoisotopic (exact) mass is 373 g/mol. The fourth-order valence-electron chi connectivity index (χ4n) is 2.24. The van der Waals surface area contributed by atoms with E-state index < -0.39 is 14.9 Å². The van der Waals surface area contributed by atoms with Gasteiger partial charge < -0.3 is 10.1 Å². The molecule has 0 fully saturated rings. The van der Waals surface area contributed by atoms with E-state index >= 15 is 0 Å². The molecule has 0 amide bonds. The fourth-order valence-corrected chi connectivity index (χ4v) is 3.72. The van der Waals surface area contributed by atoms with E-state index in [0.717, 1.165) is 6.07 Å². The number of methoxy groups -OCH3 is 1. The topological polar surface area (TPSA) is 119 Å². The number of carbonyl (C=O) groups is 1. The van der Waals surface area contributed by atoms with Gasteiger partial charge in [-0.2, -0.15) is 4.31 Å². The summed E-state index contributed by atoms with van der Waals surface area (Å²) >= 11 is 0. The zero-order valence-electron chi connectivity index (χ0n) is 14.5. The Hall–Kier alpha value is -2.20. The van der Waals surface area contributed by atoms with Crippen molar-refractivity contribution in [3.8, 4) is 0 Å². The summed E-state index contributed by atoms with van der Waals surface area (Å²) in [6, 6.07) is 3.76. The van der Waals surface area contributed by atoms with E-state index in [-0.39, 0.29) is 41.7 Å². The maximum absolute atomic E-state index is 12.5. The van der Waals surface area contributed by atoms with Crippen LogP contribution in [0.2, 0.25) is 0 Å². The van der Waals surface area contributed by atoms with Crippen LogP contribution in [0.4, 0.5) is 11.4 Å². The number of esters is 1. The highest BCUT2D eigenvalue weighted by atomic mass is 32.2. The molecule has 1 aromatic rings. The molecule has 0 atom stereocenters. The first-order valence-corrected chi connectivity index (χ1v) is 9.31. The van der Waals surface area contributed by atoms with Crippen LogP contribution in [0.25, 0.3) is 0 Å². The van der Waals surface area contributed by atoms with Gasteiger partial charge in [0.05, 0.1) is 16.9 Å². The third kappa shape index (κ3) is 5.40. The summed E-state index contributed by atoms with van der Waals surface area (Å²) in [4.78, 5) is 21.6. The lowest BCUT2D eigenvalue weighted by atomic mass is 10.2. The zero-order chi connectivity index (χ0) is 19.0. The Balaban J connectivity index is 3.00. The summed E-state index contributed by atoms with van der Waals surface area (Å²) in [5.74, 6) is -0.364. The first-order valence-electron chi connectivity index (χ1n) is 7.87. The SMILES string of the molecule is CCN(CC)S(=O)(=O)c1ccc(NCCCC(=O)OC)c([N+](=O)[O-])c1. The molecule has 1 N–H and O–H groups in total. The van der Waals surface area contributed by atoms with Crippen molar-refractivity contribution < 1.29 is 22.9 Å². The van der Waals surface area contributed by atoms with Gasteiger partial charge in [-0.1, -0.05) is 13.8 Å². The van der Waals surface area contributed by atoms with Crippen molar-refractivity contribution in [1.82, 2.24) is 4.31 Å². The van der Waals surface area contributed by atoms with Crippen LogP contribution in [0.3, 0.4) is 0 Å². The van der Waals surface area contributed by atoms with Gasteiger partial charge in [-0.05, 0) is 18.6 Å². The lowest BCUT2D eigenvalue weighted by Crippen LogP contribution is -2.30. The van der Waals surface area contributed by atoms with Gasteiger partial charge in [0.15, 0.2) is 0 Å². The predicted octanol–water partition coefficient (Wildman–Crippen LogP) is 1.99. The van der Waals surface area contributed by atoms with Gasteiger partial charge >= 0.3 is 5.97 Å². The standard InChI is InChI=1S/C15H23N3O6S/c1-4-17(5-2)25(22,23)12-8-9-13(14(11-12)18(20)21)16-10-6-7-15(19)24-3/h8-9,11,16H,4-7,10H2,1-3H3. The number of nitrogens with one attached hydrogen (secondary N) is 1. The first kappa shape index (κ1) is 20.8. The number of nitro benzene ring substituents is 1. The Kier molecular flexibility index (Phi) is 7.78. The molecule has 10 heteroatoms. The maximum Gasteiger partial charge on any atom is 0.305 e. The Morgan fingerprint density at radius 3 is 2.48 bits per heavy atom. The molecule has 0 radical (unpaired) electrons. The number of ether oxygens (including phenoxy) is 1.